The minimum Gasteiger partial charge on any atom is -0.456 e. The van der Waals surface area contributed by atoms with Crippen molar-refractivity contribution < 1.29 is 18.4 Å². The van der Waals surface area contributed by atoms with Crippen LogP contribution in [0.5, 0.6) is 0 Å². The molecule has 0 saturated carbocycles. The normalized spacial score (nSPS) is 28.2. The molecule has 1 unspecified atom stereocenters. The average Bonchev–Trinajstić information content (AvgIpc) is 2.67. The predicted molar refractivity (Wildman–Crippen MR) is 114 cm³/mol. The maximum Gasteiger partial charge on any atom is 0.334 e. The molecule has 152 valence electrons. The zero-order valence-corrected chi connectivity index (χ0v) is 20.9. The van der Waals surface area contributed by atoms with Gasteiger partial charge in [-0.3, -0.25) is 0 Å². The highest BCUT2D eigenvalue weighted by atomic mass is 35.5. The van der Waals surface area contributed by atoms with Gasteiger partial charge in [0.25, 0.3) is 0 Å². The lowest BCUT2D eigenvalue weighted by Crippen LogP contribution is -2.53. The van der Waals surface area contributed by atoms with Crippen molar-refractivity contribution in [3.8, 4) is 0 Å². The van der Waals surface area contributed by atoms with E-state index in [9.17, 15) is 4.79 Å². The Labute approximate surface area is 166 Å². The van der Waals surface area contributed by atoms with Gasteiger partial charge in [0.05, 0.1) is 6.61 Å². The van der Waals surface area contributed by atoms with Gasteiger partial charge in [-0.15, -0.1) is 6.58 Å². The molecule has 1 aliphatic heterocycles. The molecule has 0 aromatic rings. The summed E-state index contributed by atoms with van der Waals surface area (Å²) in [4.78, 5) is 11.1. The molecule has 0 N–H and O–H groups in total. The molecular formula is C19H37ClO4Si2. The molecule has 0 amide bonds. The van der Waals surface area contributed by atoms with Crippen LogP contribution in [0.3, 0.4) is 0 Å². The van der Waals surface area contributed by atoms with E-state index in [1.165, 1.54) is 6.08 Å². The first-order valence-corrected chi connectivity index (χ1v) is 15.4. The minimum atomic E-state index is -2.17. The van der Waals surface area contributed by atoms with Crippen molar-refractivity contribution in [2.45, 2.75) is 94.9 Å². The lowest BCUT2D eigenvalue weighted by molar-refractivity contribution is -0.143. The highest BCUT2D eigenvalue weighted by Crippen LogP contribution is 2.44. The van der Waals surface area contributed by atoms with Crippen molar-refractivity contribution in [1.29, 1.82) is 0 Å². The lowest BCUT2D eigenvalue weighted by Gasteiger charge is -2.42. The lowest BCUT2D eigenvalue weighted by atomic mass is 10.0. The van der Waals surface area contributed by atoms with Crippen LogP contribution < -0.4 is 0 Å². The number of ether oxygens (including phenoxy) is 1. The number of carbonyl (C=O) groups excluding carboxylic acids is 1. The van der Waals surface area contributed by atoms with Gasteiger partial charge in [0.15, 0.2) is 27.6 Å². The highest BCUT2D eigenvalue weighted by Gasteiger charge is 2.58. The van der Waals surface area contributed by atoms with Crippen LogP contribution in [0.2, 0.25) is 36.3 Å². The quantitative estimate of drug-likeness (QED) is 0.246. The molecule has 1 rings (SSSR count). The van der Waals surface area contributed by atoms with Crippen molar-refractivity contribution in [2.75, 3.05) is 6.61 Å². The van der Waals surface area contributed by atoms with Crippen molar-refractivity contribution in [2.24, 2.45) is 0 Å². The first-order chi connectivity index (χ1) is 11.4. The number of hydrogen-bond donors (Lipinski definition) is 0. The Hall–Kier alpha value is -0.146. The summed E-state index contributed by atoms with van der Waals surface area (Å²) in [6.45, 7) is 25.7. The summed E-state index contributed by atoms with van der Waals surface area (Å²) in [5.74, 6) is -0.498. The molecule has 7 heteroatoms. The molecule has 26 heavy (non-hydrogen) atoms. The van der Waals surface area contributed by atoms with Crippen molar-refractivity contribution in [3.05, 3.63) is 12.7 Å². The van der Waals surface area contributed by atoms with Crippen LogP contribution in [0.15, 0.2) is 12.7 Å². The number of rotatable bonds is 6. The summed E-state index contributed by atoms with van der Waals surface area (Å²) >= 11 is 6.62. The van der Waals surface area contributed by atoms with E-state index < -0.39 is 39.7 Å². The third-order valence-corrected chi connectivity index (χ3v) is 15.7. The van der Waals surface area contributed by atoms with Gasteiger partial charge in [-0.05, 0) is 36.3 Å². The molecule has 0 radical (unpaired) electrons. The van der Waals surface area contributed by atoms with E-state index in [1.807, 2.05) is 0 Å². The molecule has 4 nitrogen and oxygen atoms in total. The van der Waals surface area contributed by atoms with Gasteiger partial charge in [-0.25, -0.2) is 4.79 Å². The molecule has 1 fully saturated rings. The molecule has 0 aliphatic carbocycles. The summed E-state index contributed by atoms with van der Waals surface area (Å²) in [6.07, 6.45) is 0.321. The molecule has 0 aromatic heterocycles. The Morgan fingerprint density at radius 1 is 1.12 bits per heavy atom. The Kier molecular flexibility index (Phi) is 6.76. The zero-order chi connectivity index (χ0) is 20.8. The van der Waals surface area contributed by atoms with Crippen molar-refractivity contribution in [1.82, 2.24) is 0 Å². The standard InChI is InChI=1S/C19H37ClO4Si2/c1-12-19(20)15(24-26(10,11)18(5,6)7)14(23-16(19)21)13-22-25(8,9)17(2,3)4/h12,14-15H,1,13H2,2-11H3/t14-,15?,19+/m1/s1. The SMILES string of the molecule is C=C[C@@]1(Cl)C(=O)O[C@H](CO[Si](C)(C)C(C)(C)C)C1O[Si](C)(C)C(C)(C)C. The number of hydrogen-bond acceptors (Lipinski definition) is 4. The van der Waals surface area contributed by atoms with Gasteiger partial charge in [0.2, 0.25) is 0 Å². The van der Waals surface area contributed by atoms with Crippen molar-refractivity contribution in [3.63, 3.8) is 0 Å². The van der Waals surface area contributed by atoms with E-state index in [4.69, 9.17) is 25.2 Å². The average molecular weight is 421 g/mol. The molecule has 1 aliphatic rings. The second-order valence-electron chi connectivity index (χ2n) is 10.3. The molecule has 1 saturated heterocycles. The predicted octanol–water partition coefficient (Wildman–Crippen LogP) is 5.49. The Bertz CT molecular complexity index is 549. The molecular weight excluding hydrogens is 384 g/mol. The third-order valence-electron chi connectivity index (χ3n) is 6.26. The van der Waals surface area contributed by atoms with Crippen LogP contribution >= 0.6 is 11.6 Å². The molecule has 0 aromatic carbocycles. The van der Waals surface area contributed by atoms with E-state index in [2.05, 4.69) is 74.3 Å². The number of carbonyl (C=O) groups is 1. The maximum absolute atomic E-state index is 12.5. The van der Waals surface area contributed by atoms with Crippen LogP contribution in [-0.2, 0) is 18.4 Å². The number of halogens is 1. The smallest absolute Gasteiger partial charge is 0.334 e. The van der Waals surface area contributed by atoms with Crippen LogP contribution in [0.4, 0.5) is 0 Å². The summed E-state index contributed by atoms with van der Waals surface area (Å²) in [5, 5.41) is 0.0599. The van der Waals surface area contributed by atoms with Crippen LogP contribution in [0, 0.1) is 0 Å². The monoisotopic (exact) mass is 420 g/mol. The molecule has 0 spiro atoms. The van der Waals surface area contributed by atoms with Gasteiger partial charge in [0, 0.05) is 0 Å². The van der Waals surface area contributed by atoms with Crippen LogP contribution in [-0.4, -0.2) is 46.3 Å². The second kappa shape index (κ2) is 7.35. The van der Waals surface area contributed by atoms with Gasteiger partial charge < -0.3 is 13.6 Å². The van der Waals surface area contributed by atoms with Gasteiger partial charge in [0.1, 0.15) is 6.10 Å². The van der Waals surface area contributed by atoms with E-state index in [0.717, 1.165) is 0 Å². The Morgan fingerprint density at radius 2 is 1.58 bits per heavy atom. The number of alkyl halides is 1. The van der Waals surface area contributed by atoms with Gasteiger partial charge in [-0.2, -0.15) is 0 Å². The first kappa shape index (κ1) is 23.9. The Morgan fingerprint density at radius 3 is 1.96 bits per heavy atom. The van der Waals surface area contributed by atoms with Gasteiger partial charge in [-0.1, -0.05) is 59.2 Å². The first-order valence-electron chi connectivity index (χ1n) is 9.24. The van der Waals surface area contributed by atoms with Crippen molar-refractivity contribution >= 4 is 34.2 Å². The fraction of sp³-hybridized carbons (Fsp3) is 0.842. The number of cyclic esters (lactones) is 1. The Balaban J connectivity index is 3.10. The number of esters is 1. The molecule has 0 bridgehead atoms. The summed E-state index contributed by atoms with van der Waals surface area (Å²) in [5.41, 5.74) is 0. The van der Waals surface area contributed by atoms with Gasteiger partial charge >= 0.3 is 5.97 Å². The van der Waals surface area contributed by atoms with Crippen LogP contribution in [0.25, 0.3) is 0 Å². The van der Waals surface area contributed by atoms with E-state index >= 15 is 0 Å². The maximum atomic E-state index is 12.5. The summed E-state index contributed by atoms with van der Waals surface area (Å²) in [7, 11) is -4.15. The van der Waals surface area contributed by atoms with Crippen LogP contribution in [0.1, 0.15) is 41.5 Å². The molecule has 3 atom stereocenters. The van der Waals surface area contributed by atoms with E-state index in [-0.39, 0.29) is 10.1 Å². The summed E-state index contributed by atoms with van der Waals surface area (Å²) < 4.78 is 18.4. The summed E-state index contributed by atoms with van der Waals surface area (Å²) in [6, 6.07) is 0. The fourth-order valence-electron chi connectivity index (χ4n) is 2.16. The zero-order valence-electron chi connectivity index (χ0n) is 18.2. The topological polar surface area (TPSA) is 44.8 Å². The fourth-order valence-corrected chi connectivity index (χ4v) is 4.80. The van der Waals surface area contributed by atoms with E-state index in [0.29, 0.717) is 6.61 Å². The highest BCUT2D eigenvalue weighted by molar-refractivity contribution is 6.74. The second-order valence-corrected chi connectivity index (χ2v) is 20.5. The minimum absolute atomic E-state index is 0.0115. The largest absolute Gasteiger partial charge is 0.456 e. The van der Waals surface area contributed by atoms with E-state index in [1.54, 1.807) is 0 Å². The third kappa shape index (κ3) is 4.63. The molecule has 1 heterocycles.